The van der Waals surface area contributed by atoms with Crippen molar-refractivity contribution in [3.63, 3.8) is 0 Å². The van der Waals surface area contributed by atoms with Crippen molar-refractivity contribution in [3.05, 3.63) is 0 Å². The van der Waals surface area contributed by atoms with E-state index < -0.39 is 0 Å². The lowest BCUT2D eigenvalue weighted by molar-refractivity contribution is 0.167. The number of rotatable bonds is 1. The second kappa shape index (κ2) is 3.38. The lowest BCUT2D eigenvalue weighted by atomic mass is 10.3. The fourth-order valence-electron chi connectivity index (χ4n) is 2.20. The highest BCUT2D eigenvalue weighted by Gasteiger charge is 2.28. The molecule has 0 aliphatic carbocycles. The first-order valence-corrected chi connectivity index (χ1v) is 5.15. The second-order valence-electron chi connectivity index (χ2n) is 3.60. The molecular formula is C8H17N2P. The van der Waals surface area contributed by atoms with Crippen molar-refractivity contribution >= 4 is 9.39 Å². The van der Waals surface area contributed by atoms with Crippen LogP contribution in [-0.2, 0) is 0 Å². The van der Waals surface area contributed by atoms with Gasteiger partial charge in [0.25, 0.3) is 0 Å². The maximum atomic E-state index is 2.86. The van der Waals surface area contributed by atoms with Crippen molar-refractivity contribution in [2.24, 2.45) is 0 Å². The van der Waals surface area contributed by atoms with E-state index in [1.807, 2.05) is 0 Å². The Kier molecular flexibility index (Phi) is 2.45. The Bertz CT molecular complexity index is 134. The van der Waals surface area contributed by atoms with Gasteiger partial charge in [0, 0.05) is 6.54 Å². The van der Waals surface area contributed by atoms with Crippen molar-refractivity contribution in [3.8, 4) is 0 Å². The molecule has 2 heterocycles. The summed E-state index contributed by atoms with van der Waals surface area (Å²) in [6, 6.07) is 0. The van der Waals surface area contributed by atoms with Gasteiger partial charge in [0.2, 0.25) is 0 Å². The zero-order valence-electron chi connectivity index (χ0n) is 7.00. The van der Waals surface area contributed by atoms with Gasteiger partial charge in [-0.05, 0) is 38.8 Å². The predicted octanol–water partition coefficient (Wildman–Crippen LogP) is 1.29. The van der Waals surface area contributed by atoms with E-state index in [-0.39, 0.29) is 0 Å². The topological polar surface area (TPSA) is 6.48 Å². The molecule has 0 radical (unpaired) electrons. The van der Waals surface area contributed by atoms with E-state index in [1.165, 1.54) is 45.3 Å². The first kappa shape index (κ1) is 7.97. The third-order valence-corrected chi connectivity index (χ3v) is 3.43. The van der Waals surface area contributed by atoms with Crippen molar-refractivity contribution in [2.75, 3.05) is 19.6 Å². The first-order chi connectivity index (χ1) is 5.38. The molecule has 2 atom stereocenters. The number of nitrogens with zero attached hydrogens (tertiary/aromatic N) is 2. The molecule has 2 fully saturated rings. The minimum Gasteiger partial charge on any atom is -0.288 e. The maximum Gasteiger partial charge on any atom is 0.0653 e. The van der Waals surface area contributed by atoms with Gasteiger partial charge < -0.3 is 0 Å². The van der Waals surface area contributed by atoms with Gasteiger partial charge in [-0.15, -0.1) is 0 Å². The van der Waals surface area contributed by atoms with E-state index in [9.17, 15) is 0 Å². The lowest BCUT2D eigenvalue weighted by Crippen LogP contribution is -2.38. The van der Waals surface area contributed by atoms with Crippen LogP contribution in [0.15, 0.2) is 0 Å². The second-order valence-corrected chi connectivity index (χ2v) is 4.27. The van der Waals surface area contributed by atoms with E-state index >= 15 is 0 Å². The zero-order chi connectivity index (χ0) is 7.68. The van der Waals surface area contributed by atoms with Crippen LogP contribution in [0.2, 0.25) is 0 Å². The summed E-state index contributed by atoms with van der Waals surface area (Å²) in [4.78, 5) is 2.62. The summed E-state index contributed by atoms with van der Waals surface area (Å²) in [6.07, 6.45) is 6.33. The van der Waals surface area contributed by atoms with E-state index in [0.717, 1.165) is 6.17 Å². The Balaban J connectivity index is 1.92. The Morgan fingerprint density at radius 2 is 1.73 bits per heavy atom. The molecule has 0 N–H and O–H groups in total. The highest BCUT2D eigenvalue weighted by Crippen LogP contribution is 2.26. The quantitative estimate of drug-likeness (QED) is 0.550. The van der Waals surface area contributed by atoms with Crippen molar-refractivity contribution in [1.29, 1.82) is 0 Å². The van der Waals surface area contributed by atoms with Gasteiger partial charge in [0.1, 0.15) is 0 Å². The van der Waals surface area contributed by atoms with Crippen LogP contribution in [0.3, 0.4) is 0 Å². The average molecular weight is 172 g/mol. The van der Waals surface area contributed by atoms with Crippen LogP contribution in [0.5, 0.6) is 0 Å². The van der Waals surface area contributed by atoms with Crippen LogP contribution in [0.1, 0.15) is 25.7 Å². The normalized spacial score (nSPS) is 35.2. The Hall–Kier alpha value is 0.350. The standard InChI is InChI=1S/C8H17N2P/c11-10-7-3-4-8(10)9-5-1-2-6-9/h8H,1-7,11H2. The van der Waals surface area contributed by atoms with E-state index in [0.29, 0.717) is 0 Å². The van der Waals surface area contributed by atoms with Gasteiger partial charge in [-0.1, -0.05) is 9.39 Å². The molecule has 2 rings (SSSR count). The van der Waals surface area contributed by atoms with E-state index in [1.54, 1.807) is 0 Å². The fraction of sp³-hybridized carbons (Fsp3) is 1.00. The van der Waals surface area contributed by atoms with Crippen molar-refractivity contribution in [2.45, 2.75) is 31.8 Å². The summed E-state index contributed by atoms with van der Waals surface area (Å²) < 4.78 is 2.42. The molecule has 2 aliphatic heterocycles. The Morgan fingerprint density at radius 3 is 2.27 bits per heavy atom. The van der Waals surface area contributed by atoms with Gasteiger partial charge in [-0.3, -0.25) is 9.57 Å². The molecule has 2 nitrogen and oxygen atoms in total. The Labute approximate surface area is 71.2 Å². The molecule has 11 heavy (non-hydrogen) atoms. The van der Waals surface area contributed by atoms with Crippen molar-refractivity contribution in [1.82, 2.24) is 9.57 Å². The smallest absolute Gasteiger partial charge is 0.0653 e. The van der Waals surface area contributed by atoms with Gasteiger partial charge in [-0.2, -0.15) is 0 Å². The summed E-state index contributed by atoms with van der Waals surface area (Å²) in [6.45, 7) is 3.93. The summed E-state index contributed by atoms with van der Waals surface area (Å²) in [5.74, 6) is 0. The summed E-state index contributed by atoms with van der Waals surface area (Å²) in [5, 5.41) is 0. The minimum atomic E-state index is 0.752. The molecule has 0 saturated carbocycles. The van der Waals surface area contributed by atoms with Crippen LogP contribution in [0, 0.1) is 0 Å². The molecule has 0 spiro atoms. The minimum absolute atomic E-state index is 0.752. The molecule has 0 aromatic rings. The van der Waals surface area contributed by atoms with Gasteiger partial charge in [0.15, 0.2) is 0 Å². The summed E-state index contributed by atoms with van der Waals surface area (Å²) in [7, 11) is 2.86. The van der Waals surface area contributed by atoms with Crippen LogP contribution in [0.25, 0.3) is 0 Å². The molecule has 0 amide bonds. The number of hydrogen-bond donors (Lipinski definition) is 0. The first-order valence-electron chi connectivity index (χ1n) is 4.63. The fourth-order valence-corrected chi connectivity index (χ4v) is 2.72. The zero-order valence-corrected chi connectivity index (χ0v) is 8.15. The van der Waals surface area contributed by atoms with Gasteiger partial charge in [-0.25, -0.2) is 0 Å². The third-order valence-electron chi connectivity index (χ3n) is 2.82. The van der Waals surface area contributed by atoms with E-state index in [4.69, 9.17) is 0 Å². The van der Waals surface area contributed by atoms with Gasteiger partial charge in [0.05, 0.1) is 6.17 Å². The molecule has 3 heteroatoms. The monoisotopic (exact) mass is 172 g/mol. The molecule has 0 bridgehead atoms. The van der Waals surface area contributed by atoms with Crippen LogP contribution < -0.4 is 0 Å². The molecule has 0 aromatic carbocycles. The SMILES string of the molecule is PN1CCCC1N1CCCC1. The molecule has 2 unspecified atom stereocenters. The molecule has 0 aromatic heterocycles. The molecule has 2 saturated heterocycles. The highest BCUT2D eigenvalue weighted by atomic mass is 31.0. The molecule has 64 valence electrons. The Morgan fingerprint density at radius 1 is 1.00 bits per heavy atom. The van der Waals surface area contributed by atoms with E-state index in [2.05, 4.69) is 19.0 Å². The highest BCUT2D eigenvalue weighted by molar-refractivity contribution is 7.13. The van der Waals surface area contributed by atoms with Gasteiger partial charge >= 0.3 is 0 Å². The summed E-state index contributed by atoms with van der Waals surface area (Å²) >= 11 is 0. The lowest BCUT2D eigenvalue weighted by Gasteiger charge is -2.28. The maximum absolute atomic E-state index is 2.86. The average Bonchev–Trinajstić information content (AvgIpc) is 2.55. The third kappa shape index (κ3) is 1.58. The van der Waals surface area contributed by atoms with Crippen LogP contribution in [-0.4, -0.2) is 35.4 Å². The van der Waals surface area contributed by atoms with Crippen molar-refractivity contribution < 1.29 is 0 Å². The largest absolute Gasteiger partial charge is 0.288 e. The summed E-state index contributed by atoms with van der Waals surface area (Å²) in [5.41, 5.74) is 0. The van der Waals surface area contributed by atoms with Crippen LogP contribution >= 0.6 is 9.39 Å². The molecular weight excluding hydrogens is 155 g/mol. The van der Waals surface area contributed by atoms with Crippen LogP contribution in [0.4, 0.5) is 0 Å². The predicted molar refractivity (Wildman–Crippen MR) is 50.2 cm³/mol. The number of hydrogen-bond acceptors (Lipinski definition) is 2. The number of likely N-dealkylation sites (tertiary alicyclic amines) is 1. The molecule has 2 aliphatic rings.